The number of halogens is 1. The Balaban J connectivity index is 2.03. The first-order valence-electron chi connectivity index (χ1n) is 4.40. The monoisotopic (exact) mass is 255 g/mol. The van der Waals surface area contributed by atoms with E-state index in [4.69, 9.17) is 0 Å². The van der Waals surface area contributed by atoms with Gasteiger partial charge in [-0.3, -0.25) is 9.78 Å². The summed E-state index contributed by atoms with van der Waals surface area (Å²) in [5, 5.41) is 3.74. The van der Waals surface area contributed by atoms with Gasteiger partial charge in [0.2, 0.25) is 0 Å². The molecule has 1 amide bonds. The van der Waals surface area contributed by atoms with Gasteiger partial charge in [0.05, 0.1) is 11.7 Å². The minimum Gasteiger partial charge on any atom is -0.344 e. The van der Waals surface area contributed by atoms with Crippen LogP contribution in [0.2, 0.25) is 0 Å². The minimum atomic E-state index is -0.143. The Hall–Kier alpha value is -0.970. The number of nitrogens with zero attached hydrogens (tertiary/aromatic N) is 2. The zero-order valence-corrected chi connectivity index (χ0v) is 9.12. The second-order valence-electron chi connectivity index (χ2n) is 3.46. The van der Waals surface area contributed by atoms with Crippen LogP contribution in [0.3, 0.4) is 0 Å². The maximum Gasteiger partial charge on any atom is 0.271 e. The van der Waals surface area contributed by atoms with E-state index in [0.717, 1.165) is 18.2 Å². The molecule has 5 heteroatoms. The molecule has 14 heavy (non-hydrogen) atoms. The van der Waals surface area contributed by atoms with E-state index < -0.39 is 0 Å². The van der Waals surface area contributed by atoms with Gasteiger partial charge in [0.1, 0.15) is 5.69 Å². The molecular weight excluding hydrogens is 246 g/mol. The zero-order chi connectivity index (χ0) is 10.0. The standard InChI is InChI=1S/C9H10BrN3O/c10-6-9(1-2-9)13-8(14)7-5-11-3-4-12-7/h3-5H,1-2,6H2,(H,13,14). The summed E-state index contributed by atoms with van der Waals surface area (Å²) < 4.78 is 0. The Morgan fingerprint density at radius 2 is 2.36 bits per heavy atom. The number of aromatic nitrogens is 2. The molecule has 2 rings (SSSR count). The molecule has 1 heterocycles. The number of carbonyl (C=O) groups is 1. The van der Waals surface area contributed by atoms with Gasteiger partial charge in [0, 0.05) is 17.7 Å². The molecular formula is C9H10BrN3O. The Morgan fingerprint density at radius 3 is 2.86 bits per heavy atom. The van der Waals surface area contributed by atoms with Crippen LogP contribution in [0.4, 0.5) is 0 Å². The number of hydrogen-bond donors (Lipinski definition) is 1. The summed E-state index contributed by atoms with van der Waals surface area (Å²) in [7, 11) is 0. The third kappa shape index (κ3) is 1.92. The van der Waals surface area contributed by atoms with Crippen molar-refractivity contribution in [2.45, 2.75) is 18.4 Å². The van der Waals surface area contributed by atoms with Crippen molar-refractivity contribution in [3.05, 3.63) is 24.3 Å². The van der Waals surface area contributed by atoms with Crippen molar-refractivity contribution in [3.8, 4) is 0 Å². The second-order valence-corrected chi connectivity index (χ2v) is 4.02. The summed E-state index contributed by atoms with van der Waals surface area (Å²) in [4.78, 5) is 19.4. The number of carbonyl (C=O) groups excluding carboxylic acids is 1. The fraction of sp³-hybridized carbons (Fsp3) is 0.444. The molecule has 1 aliphatic rings. The predicted octanol–water partition coefficient (Wildman–Crippen LogP) is 1.13. The molecule has 1 N–H and O–H groups in total. The molecule has 4 nitrogen and oxygen atoms in total. The van der Waals surface area contributed by atoms with Gasteiger partial charge in [0.15, 0.2) is 0 Å². The fourth-order valence-electron chi connectivity index (χ4n) is 1.16. The summed E-state index contributed by atoms with van der Waals surface area (Å²) in [6.07, 6.45) is 6.60. The van der Waals surface area contributed by atoms with Crippen LogP contribution in [0.1, 0.15) is 23.3 Å². The highest BCUT2D eigenvalue weighted by atomic mass is 79.9. The Labute approximate surface area is 90.3 Å². The number of rotatable bonds is 3. The molecule has 0 radical (unpaired) electrons. The number of amides is 1. The second kappa shape index (κ2) is 3.65. The Bertz CT molecular complexity index is 337. The summed E-state index contributed by atoms with van der Waals surface area (Å²) in [5.41, 5.74) is 0.342. The van der Waals surface area contributed by atoms with Crippen molar-refractivity contribution >= 4 is 21.8 Å². The third-order valence-electron chi connectivity index (χ3n) is 2.28. The van der Waals surface area contributed by atoms with Crippen LogP contribution in [-0.4, -0.2) is 26.7 Å². The zero-order valence-electron chi connectivity index (χ0n) is 7.53. The van der Waals surface area contributed by atoms with E-state index in [-0.39, 0.29) is 11.4 Å². The van der Waals surface area contributed by atoms with Crippen molar-refractivity contribution in [3.63, 3.8) is 0 Å². The summed E-state index contributed by atoms with van der Waals surface area (Å²) in [5.74, 6) is -0.143. The van der Waals surface area contributed by atoms with Gasteiger partial charge in [0.25, 0.3) is 5.91 Å². The molecule has 0 bridgehead atoms. The van der Waals surface area contributed by atoms with E-state index in [2.05, 4.69) is 31.2 Å². The van der Waals surface area contributed by atoms with Crippen molar-refractivity contribution < 1.29 is 4.79 Å². The van der Waals surface area contributed by atoms with Crippen LogP contribution in [0.15, 0.2) is 18.6 Å². The van der Waals surface area contributed by atoms with Crippen LogP contribution in [0.25, 0.3) is 0 Å². The minimum absolute atomic E-state index is 0.0331. The molecule has 0 aliphatic heterocycles. The number of alkyl halides is 1. The van der Waals surface area contributed by atoms with Gasteiger partial charge >= 0.3 is 0 Å². The first kappa shape index (κ1) is 9.58. The maximum absolute atomic E-state index is 11.6. The molecule has 0 atom stereocenters. The molecule has 74 valence electrons. The number of nitrogens with one attached hydrogen (secondary N) is 1. The van der Waals surface area contributed by atoms with Crippen molar-refractivity contribution in [1.29, 1.82) is 0 Å². The topological polar surface area (TPSA) is 54.9 Å². The van der Waals surface area contributed by atoms with Crippen LogP contribution < -0.4 is 5.32 Å². The lowest BCUT2D eigenvalue weighted by molar-refractivity contribution is 0.0931. The summed E-state index contributed by atoms with van der Waals surface area (Å²) in [6, 6.07) is 0. The molecule has 1 aromatic rings. The normalized spacial score (nSPS) is 17.5. The highest BCUT2D eigenvalue weighted by Crippen LogP contribution is 2.36. The third-order valence-corrected chi connectivity index (χ3v) is 3.36. The molecule has 1 fully saturated rings. The average molecular weight is 256 g/mol. The maximum atomic E-state index is 11.6. The quantitative estimate of drug-likeness (QED) is 0.825. The van der Waals surface area contributed by atoms with Crippen molar-refractivity contribution in [2.75, 3.05) is 5.33 Å². The Kier molecular flexibility index (Phi) is 2.50. The van der Waals surface area contributed by atoms with Crippen LogP contribution in [0.5, 0.6) is 0 Å². The fourth-order valence-corrected chi connectivity index (χ4v) is 1.87. The molecule has 1 aromatic heterocycles. The van der Waals surface area contributed by atoms with Crippen LogP contribution in [-0.2, 0) is 0 Å². The van der Waals surface area contributed by atoms with E-state index in [9.17, 15) is 4.79 Å². The largest absolute Gasteiger partial charge is 0.344 e. The lowest BCUT2D eigenvalue weighted by atomic mass is 10.3. The highest BCUT2D eigenvalue weighted by molar-refractivity contribution is 9.09. The smallest absolute Gasteiger partial charge is 0.271 e. The SMILES string of the molecule is O=C(NC1(CBr)CC1)c1cnccn1. The van der Waals surface area contributed by atoms with Gasteiger partial charge in [-0.15, -0.1) is 0 Å². The van der Waals surface area contributed by atoms with Crippen LogP contribution >= 0.6 is 15.9 Å². The van der Waals surface area contributed by atoms with Gasteiger partial charge < -0.3 is 5.32 Å². The lowest BCUT2D eigenvalue weighted by Gasteiger charge is -2.12. The summed E-state index contributed by atoms with van der Waals surface area (Å²) in [6.45, 7) is 0. The average Bonchev–Trinajstić information content (AvgIpc) is 3.00. The Morgan fingerprint density at radius 1 is 1.57 bits per heavy atom. The van der Waals surface area contributed by atoms with E-state index in [1.807, 2.05) is 0 Å². The van der Waals surface area contributed by atoms with Crippen molar-refractivity contribution in [2.24, 2.45) is 0 Å². The van der Waals surface area contributed by atoms with Gasteiger partial charge in [-0.2, -0.15) is 0 Å². The predicted molar refractivity (Wildman–Crippen MR) is 55.3 cm³/mol. The molecule has 0 spiro atoms. The van der Waals surface area contributed by atoms with Crippen molar-refractivity contribution in [1.82, 2.24) is 15.3 Å². The molecule has 0 saturated heterocycles. The first-order chi connectivity index (χ1) is 6.76. The van der Waals surface area contributed by atoms with Gasteiger partial charge in [-0.05, 0) is 12.8 Å². The van der Waals surface area contributed by atoms with E-state index in [1.165, 1.54) is 12.4 Å². The molecule has 0 aromatic carbocycles. The van der Waals surface area contributed by atoms with Crippen LogP contribution in [0, 0.1) is 0 Å². The summed E-state index contributed by atoms with van der Waals surface area (Å²) >= 11 is 3.38. The van der Waals surface area contributed by atoms with Gasteiger partial charge in [-0.1, -0.05) is 15.9 Å². The number of hydrogen-bond acceptors (Lipinski definition) is 3. The highest BCUT2D eigenvalue weighted by Gasteiger charge is 2.43. The van der Waals surface area contributed by atoms with E-state index >= 15 is 0 Å². The van der Waals surface area contributed by atoms with Gasteiger partial charge in [-0.25, -0.2) is 4.98 Å². The lowest BCUT2D eigenvalue weighted by Crippen LogP contribution is -2.38. The molecule has 1 saturated carbocycles. The first-order valence-corrected chi connectivity index (χ1v) is 5.52. The van der Waals surface area contributed by atoms with E-state index in [0.29, 0.717) is 5.69 Å². The van der Waals surface area contributed by atoms with E-state index in [1.54, 1.807) is 6.20 Å². The molecule has 0 unspecified atom stereocenters. The molecule has 1 aliphatic carbocycles.